The molecule has 2 rings (SSSR count). The van der Waals surface area contributed by atoms with Crippen molar-refractivity contribution in [1.82, 2.24) is 4.90 Å². The molecule has 5 heteroatoms. The third-order valence-corrected chi connectivity index (χ3v) is 4.80. The molecule has 0 saturated carbocycles. The molecule has 2 atom stereocenters. The molecule has 1 heterocycles. The van der Waals surface area contributed by atoms with Crippen LogP contribution in [0.4, 0.5) is 5.69 Å². The highest BCUT2D eigenvalue weighted by molar-refractivity contribution is 9.10. The molecule has 1 aliphatic heterocycles. The van der Waals surface area contributed by atoms with Crippen LogP contribution < -0.4 is 5.32 Å². The Morgan fingerprint density at radius 3 is 2.80 bits per heavy atom. The van der Waals surface area contributed by atoms with Crippen LogP contribution in [0.25, 0.3) is 0 Å². The van der Waals surface area contributed by atoms with E-state index in [2.05, 4.69) is 40.1 Å². The zero-order chi connectivity index (χ0) is 14.8. The van der Waals surface area contributed by atoms with Gasteiger partial charge < -0.3 is 15.0 Å². The molecular formula is C15H21BrN2O2. The fourth-order valence-electron chi connectivity index (χ4n) is 2.72. The number of nitrogens with one attached hydrogen (secondary N) is 1. The number of piperidine rings is 1. The number of anilines is 1. The van der Waals surface area contributed by atoms with Crippen LogP contribution >= 0.6 is 15.9 Å². The summed E-state index contributed by atoms with van der Waals surface area (Å²) in [5, 5.41) is 3.42. The van der Waals surface area contributed by atoms with Crippen LogP contribution in [0.2, 0.25) is 0 Å². The normalized spacial score (nSPS) is 27.1. The van der Waals surface area contributed by atoms with Gasteiger partial charge in [-0.15, -0.1) is 0 Å². The maximum absolute atomic E-state index is 12.3. The quantitative estimate of drug-likeness (QED) is 0.859. The lowest BCUT2D eigenvalue weighted by Crippen LogP contribution is -2.57. The lowest BCUT2D eigenvalue weighted by atomic mass is 9.83. The molecule has 20 heavy (non-hydrogen) atoms. The molecule has 0 bridgehead atoms. The monoisotopic (exact) mass is 340 g/mol. The minimum atomic E-state index is -0.648. The number of carbonyl (C=O) groups excluding carboxylic acids is 1. The lowest BCUT2D eigenvalue weighted by Gasteiger charge is -2.43. The summed E-state index contributed by atoms with van der Waals surface area (Å²) in [7, 11) is 3.54. The number of hydrogen-bond donors (Lipinski definition) is 1. The summed E-state index contributed by atoms with van der Waals surface area (Å²) in [6, 6.07) is 8.18. The van der Waals surface area contributed by atoms with Crippen LogP contribution in [0.3, 0.4) is 0 Å². The largest absolute Gasteiger partial charge is 0.467 e. The number of benzene rings is 1. The van der Waals surface area contributed by atoms with E-state index in [1.165, 1.54) is 7.11 Å². The van der Waals surface area contributed by atoms with Gasteiger partial charge in [-0.2, -0.15) is 0 Å². The second-order valence-corrected chi connectivity index (χ2v) is 6.32. The van der Waals surface area contributed by atoms with Gasteiger partial charge in [0.1, 0.15) is 5.54 Å². The number of carbonyl (C=O) groups is 1. The average Bonchev–Trinajstić information content (AvgIpc) is 2.44. The van der Waals surface area contributed by atoms with Crippen LogP contribution in [0.1, 0.15) is 19.8 Å². The van der Waals surface area contributed by atoms with Gasteiger partial charge >= 0.3 is 5.97 Å². The summed E-state index contributed by atoms with van der Waals surface area (Å²) in [4.78, 5) is 14.6. The molecule has 1 fully saturated rings. The highest BCUT2D eigenvalue weighted by atomic mass is 79.9. The van der Waals surface area contributed by atoms with Crippen LogP contribution in [-0.2, 0) is 9.53 Å². The number of nitrogens with zero attached hydrogens (tertiary/aromatic N) is 1. The average molecular weight is 341 g/mol. The number of esters is 1. The third kappa shape index (κ3) is 2.99. The first-order chi connectivity index (χ1) is 9.48. The topological polar surface area (TPSA) is 41.6 Å². The SMILES string of the molecule is COC(=O)C1(Nc2ccccc2Br)CCN(C)C(C)C1. The second-order valence-electron chi connectivity index (χ2n) is 5.46. The summed E-state index contributed by atoms with van der Waals surface area (Å²) < 4.78 is 6.01. The van der Waals surface area contributed by atoms with Gasteiger partial charge in [-0.25, -0.2) is 4.79 Å². The minimum Gasteiger partial charge on any atom is -0.467 e. The Hall–Kier alpha value is -1.07. The van der Waals surface area contributed by atoms with Gasteiger partial charge in [-0.05, 0) is 54.9 Å². The number of para-hydroxylation sites is 1. The van der Waals surface area contributed by atoms with Crippen molar-refractivity contribution in [3.8, 4) is 0 Å². The molecule has 0 spiro atoms. The summed E-state index contributed by atoms with van der Waals surface area (Å²) in [6.07, 6.45) is 1.47. The zero-order valence-electron chi connectivity index (χ0n) is 12.1. The molecular weight excluding hydrogens is 320 g/mol. The molecule has 0 aromatic heterocycles. The minimum absolute atomic E-state index is 0.187. The lowest BCUT2D eigenvalue weighted by molar-refractivity contribution is -0.148. The second kappa shape index (κ2) is 6.14. The molecule has 4 nitrogen and oxygen atoms in total. The van der Waals surface area contributed by atoms with Gasteiger partial charge in [-0.3, -0.25) is 0 Å². The van der Waals surface area contributed by atoms with E-state index in [0.29, 0.717) is 6.04 Å². The van der Waals surface area contributed by atoms with Gasteiger partial charge in [0.2, 0.25) is 0 Å². The smallest absolute Gasteiger partial charge is 0.331 e. The van der Waals surface area contributed by atoms with Crippen molar-refractivity contribution in [1.29, 1.82) is 0 Å². The Balaban J connectivity index is 2.29. The molecule has 0 radical (unpaired) electrons. The van der Waals surface area contributed by atoms with Crippen LogP contribution in [0.5, 0.6) is 0 Å². The Morgan fingerprint density at radius 2 is 2.20 bits per heavy atom. The van der Waals surface area contributed by atoms with Crippen molar-refractivity contribution < 1.29 is 9.53 Å². The molecule has 110 valence electrons. The Labute approximate surface area is 128 Å². The fraction of sp³-hybridized carbons (Fsp3) is 0.533. The number of halogens is 1. The molecule has 0 aliphatic carbocycles. The Kier molecular flexibility index (Phi) is 4.70. The zero-order valence-corrected chi connectivity index (χ0v) is 13.7. The van der Waals surface area contributed by atoms with Gasteiger partial charge in [-0.1, -0.05) is 12.1 Å². The van der Waals surface area contributed by atoms with E-state index in [1.54, 1.807) is 0 Å². The van der Waals surface area contributed by atoms with Gasteiger partial charge in [0, 0.05) is 22.7 Å². The standard InChI is InChI=1S/C15H21BrN2O2/c1-11-10-15(14(19)20-3,8-9-18(11)2)17-13-7-5-4-6-12(13)16/h4-7,11,17H,8-10H2,1-3H3. The van der Waals surface area contributed by atoms with E-state index in [1.807, 2.05) is 24.3 Å². The highest BCUT2D eigenvalue weighted by Crippen LogP contribution is 2.33. The molecule has 1 aromatic rings. The van der Waals surface area contributed by atoms with E-state index in [0.717, 1.165) is 29.5 Å². The first-order valence-corrected chi connectivity index (χ1v) is 7.59. The first-order valence-electron chi connectivity index (χ1n) is 6.80. The maximum atomic E-state index is 12.3. The third-order valence-electron chi connectivity index (χ3n) is 4.11. The van der Waals surface area contributed by atoms with E-state index < -0.39 is 5.54 Å². The van der Waals surface area contributed by atoms with Crippen LogP contribution in [-0.4, -0.2) is 43.2 Å². The maximum Gasteiger partial charge on any atom is 0.331 e. The first kappa shape index (κ1) is 15.3. The van der Waals surface area contributed by atoms with E-state index >= 15 is 0 Å². The van der Waals surface area contributed by atoms with E-state index in [-0.39, 0.29) is 5.97 Å². The number of likely N-dealkylation sites (tertiary alicyclic amines) is 1. The summed E-state index contributed by atoms with van der Waals surface area (Å²) in [6.45, 7) is 3.01. The van der Waals surface area contributed by atoms with E-state index in [9.17, 15) is 4.79 Å². The van der Waals surface area contributed by atoms with Crippen LogP contribution in [0.15, 0.2) is 28.7 Å². The van der Waals surface area contributed by atoms with Crippen molar-refractivity contribution >= 4 is 27.6 Å². The number of methoxy groups -OCH3 is 1. The molecule has 1 aliphatic rings. The predicted octanol–water partition coefficient (Wildman–Crippen LogP) is 2.89. The fourth-order valence-corrected chi connectivity index (χ4v) is 3.10. The van der Waals surface area contributed by atoms with Crippen molar-refractivity contribution in [3.05, 3.63) is 28.7 Å². The van der Waals surface area contributed by atoms with Crippen LogP contribution in [0, 0.1) is 0 Å². The summed E-state index contributed by atoms with van der Waals surface area (Å²) >= 11 is 3.52. The van der Waals surface area contributed by atoms with Gasteiger partial charge in [0.25, 0.3) is 0 Å². The van der Waals surface area contributed by atoms with Crippen molar-refractivity contribution in [2.75, 3.05) is 26.0 Å². The Morgan fingerprint density at radius 1 is 1.50 bits per heavy atom. The molecule has 1 aromatic carbocycles. The molecule has 1 saturated heterocycles. The molecule has 1 N–H and O–H groups in total. The summed E-state index contributed by atoms with van der Waals surface area (Å²) in [5.74, 6) is -0.187. The molecule has 2 unspecified atom stereocenters. The molecule has 0 amide bonds. The number of rotatable bonds is 3. The highest BCUT2D eigenvalue weighted by Gasteiger charge is 2.44. The Bertz CT molecular complexity index is 495. The number of ether oxygens (including phenoxy) is 1. The number of hydrogen-bond acceptors (Lipinski definition) is 4. The van der Waals surface area contributed by atoms with Crippen molar-refractivity contribution in [2.45, 2.75) is 31.3 Å². The van der Waals surface area contributed by atoms with Gasteiger partial charge in [0.15, 0.2) is 0 Å². The van der Waals surface area contributed by atoms with Gasteiger partial charge in [0.05, 0.1) is 7.11 Å². The predicted molar refractivity (Wildman–Crippen MR) is 83.8 cm³/mol. The van der Waals surface area contributed by atoms with Crippen molar-refractivity contribution in [3.63, 3.8) is 0 Å². The van der Waals surface area contributed by atoms with Crippen molar-refractivity contribution in [2.24, 2.45) is 0 Å². The van der Waals surface area contributed by atoms with E-state index in [4.69, 9.17) is 4.74 Å². The summed E-state index contributed by atoms with van der Waals surface area (Å²) in [5.41, 5.74) is 0.277.